The number of amides is 1. The van der Waals surface area contributed by atoms with Gasteiger partial charge in [0.05, 0.1) is 6.61 Å². The summed E-state index contributed by atoms with van der Waals surface area (Å²) < 4.78 is 43.4. The lowest BCUT2D eigenvalue weighted by atomic mass is 9.96. The van der Waals surface area contributed by atoms with Crippen LogP contribution in [-0.4, -0.2) is 83.1 Å². The molecule has 0 unspecified atom stereocenters. The van der Waals surface area contributed by atoms with Gasteiger partial charge in [-0.25, -0.2) is 5.10 Å². The van der Waals surface area contributed by atoms with Crippen LogP contribution in [-0.2, 0) is 16.0 Å². The maximum absolute atomic E-state index is 12.6. The number of aromatic amines is 1. The summed E-state index contributed by atoms with van der Waals surface area (Å²) in [5.74, 6) is 0.0435. The minimum Gasteiger partial charge on any atom is -0.368 e. The maximum Gasteiger partial charge on any atom is 0.405 e. The number of benzene rings is 1. The van der Waals surface area contributed by atoms with Gasteiger partial charge < -0.3 is 20.7 Å². The average Bonchev–Trinajstić information content (AvgIpc) is 3.25. The summed E-state index contributed by atoms with van der Waals surface area (Å²) in [6.45, 7) is 0.471. The first-order valence-electron chi connectivity index (χ1n) is 11.1. The molecule has 4 rings (SSSR count). The smallest absolute Gasteiger partial charge is 0.368 e. The summed E-state index contributed by atoms with van der Waals surface area (Å²) >= 11 is 6.00. The van der Waals surface area contributed by atoms with E-state index >= 15 is 0 Å². The van der Waals surface area contributed by atoms with Gasteiger partial charge in [0.15, 0.2) is 0 Å². The molecule has 1 aromatic carbocycles. The van der Waals surface area contributed by atoms with Crippen molar-refractivity contribution in [2.24, 2.45) is 0 Å². The molecular weight excluding hydrogens is 475 g/mol. The lowest BCUT2D eigenvalue weighted by Crippen LogP contribution is -2.60. The van der Waals surface area contributed by atoms with Crippen LogP contribution in [0.25, 0.3) is 0 Å². The molecule has 9 nitrogen and oxygen atoms in total. The van der Waals surface area contributed by atoms with Gasteiger partial charge in [-0.15, -0.1) is 5.10 Å². The summed E-state index contributed by atoms with van der Waals surface area (Å²) in [5, 5.41) is 9.33. The second-order valence-corrected chi connectivity index (χ2v) is 9.01. The third-order valence-electron chi connectivity index (χ3n) is 6.18. The van der Waals surface area contributed by atoms with Crippen LogP contribution in [0.15, 0.2) is 24.3 Å². The van der Waals surface area contributed by atoms with Crippen molar-refractivity contribution in [3.8, 4) is 0 Å². The predicted molar refractivity (Wildman–Crippen MR) is 120 cm³/mol. The van der Waals surface area contributed by atoms with Gasteiger partial charge in [-0.1, -0.05) is 23.7 Å². The molecule has 3 heterocycles. The molecule has 34 heavy (non-hydrogen) atoms. The number of rotatable bonds is 6. The molecule has 2 fully saturated rings. The highest BCUT2D eigenvalue weighted by atomic mass is 35.5. The molecule has 1 aromatic heterocycles. The van der Waals surface area contributed by atoms with Crippen LogP contribution in [0.3, 0.4) is 0 Å². The molecule has 2 saturated heterocycles. The molecule has 13 heteroatoms. The lowest BCUT2D eigenvalue weighted by Gasteiger charge is -2.46. The Morgan fingerprint density at radius 1 is 1.26 bits per heavy atom. The third-order valence-corrected chi connectivity index (χ3v) is 6.43. The van der Waals surface area contributed by atoms with Crippen molar-refractivity contribution in [3.05, 3.63) is 34.9 Å². The number of carbonyl (C=O) groups excluding carboxylic acids is 1. The molecule has 186 valence electrons. The van der Waals surface area contributed by atoms with Crippen LogP contribution in [0.2, 0.25) is 5.02 Å². The molecule has 0 bridgehead atoms. The summed E-state index contributed by atoms with van der Waals surface area (Å²) in [4.78, 5) is 20.8. The number of piperidine rings is 1. The van der Waals surface area contributed by atoms with E-state index in [9.17, 15) is 18.0 Å². The fourth-order valence-corrected chi connectivity index (χ4v) is 4.62. The molecule has 2 aromatic rings. The Bertz CT molecular complexity index is 964. The molecule has 1 amide bonds. The Hall–Kier alpha value is -2.57. The number of nitrogens with zero attached hydrogens (tertiary/aromatic N) is 4. The monoisotopic (exact) mass is 501 g/mol. The van der Waals surface area contributed by atoms with Crippen molar-refractivity contribution in [1.82, 2.24) is 25.4 Å². The molecule has 0 spiro atoms. The van der Waals surface area contributed by atoms with Crippen molar-refractivity contribution in [1.29, 1.82) is 0 Å². The highest BCUT2D eigenvalue weighted by molar-refractivity contribution is 6.30. The topological polar surface area (TPSA) is 112 Å². The van der Waals surface area contributed by atoms with Crippen LogP contribution in [0.4, 0.5) is 25.1 Å². The van der Waals surface area contributed by atoms with E-state index in [1.54, 1.807) is 0 Å². The molecule has 0 aliphatic carbocycles. The van der Waals surface area contributed by atoms with E-state index in [0.29, 0.717) is 30.5 Å². The normalized spacial score (nSPS) is 22.6. The minimum atomic E-state index is -4.47. The fraction of sp³-hybridized carbons (Fsp3) is 0.571. The van der Waals surface area contributed by atoms with E-state index in [0.717, 1.165) is 18.4 Å². The van der Waals surface area contributed by atoms with E-state index in [2.05, 4.69) is 20.1 Å². The van der Waals surface area contributed by atoms with E-state index in [1.807, 2.05) is 34.5 Å². The summed E-state index contributed by atoms with van der Waals surface area (Å²) in [5.41, 5.74) is 6.70. The van der Waals surface area contributed by atoms with E-state index < -0.39 is 24.7 Å². The largest absolute Gasteiger partial charge is 0.405 e. The Morgan fingerprint density at radius 2 is 1.97 bits per heavy atom. The van der Waals surface area contributed by atoms with Crippen LogP contribution in [0, 0.1) is 0 Å². The van der Waals surface area contributed by atoms with Gasteiger partial charge in [0.1, 0.15) is 12.6 Å². The van der Waals surface area contributed by atoms with Gasteiger partial charge in [-0.3, -0.25) is 9.69 Å². The number of anilines is 2. The van der Waals surface area contributed by atoms with Crippen molar-refractivity contribution in [2.45, 2.75) is 43.6 Å². The Labute approximate surface area is 199 Å². The second-order valence-electron chi connectivity index (χ2n) is 8.58. The number of carbonyl (C=O) groups is 1. The number of halogens is 4. The number of nitrogens with two attached hydrogens (primary N) is 1. The third kappa shape index (κ3) is 6.30. The zero-order valence-corrected chi connectivity index (χ0v) is 19.1. The number of H-pyrrole nitrogens is 1. The van der Waals surface area contributed by atoms with Crippen LogP contribution < -0.4 is 16.0 Å². The minimum absolute atomic E-state index is 0.0245. The Balaban J connectivity index is 1.44. The molecule has 2 aliphatic rings. The Morgan fingerprint density at radius 3 is 2.59 bits per heavy atom. The van der Waals surface area contributed by atoms with Gasteiger partial charge in [0.25, 0.3) is 5.91 Å². The molecule has 0 saturated carbocycles. The zero-order valence-electron chi connectivity index (χ0n) is 18.4. The number of morpholine rings is 1. The number of ether oxygens (including phenoxy) is 1. The summed E-state index contributed by atoms with van der Waals surface area (Å²) in [6, 6.07) is 7.63. The van der Waals surface area contributed by atoms with Crippen LogP contribution >= 0.6 is 11.6 Å². The lowest BCUT2D eigenvalue weighted by molar-refractivity contribution is -0.154. The second kappa shape index (κ2) is 10.4. The molecule has 4 N–H and O–H groups in total. The SMILES string of the molecule is Nc1nc(N2CCC(N3C[C@H](C(=O)NCC(F)(F)F)OC[C@@H]3Cc3ccc(Cl)cc3)CC2)n[nH]1. The summed E-state index contributed by atoms with van der Waals surface area (Å²) in [7, 11) is 0. The van der Waals surface area contributed by atoms with E-state index in [4.69, 9.17) is 22.1 Å². The van der Waals surface area contributed by atoms with Crippen LogP contribution in [0.1, 0.15) is 18.4 Å². The van der Waals surface area contributed by atoms with Gasteiger partial charge in [0.2, 0.25) is 11.9 Å². The van der Waals surface area contributed by atoms with Crippen molar-refractivity contribution in [3.63, 3.8) is 0 Å². The number of nitrogens with one attached hydrogen (secondary N) is 2. The van der Waals surface area contributed by atoms with Crippen molar-refractivity contribution < 1.29 is 22.7 Å². The predicted octanol–water partition coefficient (Wildman–Crippen LogP) is 2.00. The van der Waals surface area contributed by atoms with Crippen LogP contribution in [0.5, 0.6) is 0 Å². The van der Waals surface area contributed by atoms with Crippen molar-refractivity contribution >= 4 is 29.4 Å². The van der Waals surface area contributed by atoms with Gasteiger partial charge in [0, 0.05) is 36.7 Å². The van der Waals surface area contributed by atoms with Gasteiger partial charge in [-0.2, -0.15) is 18.2 Å². The maximum atomic E-state index is 12.6. The Kier molecular flexibility index (Phi) is 7.48. The van der Waals surface area contributed by atoms with Gasteiger partial charge in [-0.05, 0) is 37.0 Å². The highest BCUT2D eigenvalue weighted by Crippen LogP contribution is 2.27. The fourth-order valence-electron chi connectivity index (χ4n) is 4.50. The van der Waals surface area contributed by atoms with E-state index in [1.165, 1.54) is 0 Å². The number of aromatic nitrogens is 3. The quantitative estimate of drug-likeness (QED) is 0.555. The van der Waals surface area contributed by atoms with Crippen molar-refractivity contribution in [2.75, 3.05) is 43.4 Å². The number of alkyl halides is 3. The first-order chi connectivity index (χ1) is 16.2. The first kappa shape index (κ1) is 24.6. The first-order valence-corrected chi connectivity index (χ1v) is 11.4. The zero-order chi connectivity index (χ0) is 24.3. The van der Waals surface area contributed by atoms with Gasteiger partial charge >= 0.3 is 6.18 Å². The van der Waals surface area contributed by atoms with E-state index in [-0.39, 0.29) is 31.2 Å². The average molecular weight is 502 g/mol. The molecule has 2 aliphatic heterocycles. The number of hydrogen-bond donors (Lipinski definition) is 3. The molecule has 2 atom stereocenters. The molecule has 0 radical (unpaired) electrons. The highest BCUT2D eigenvalue weighted by Gasteiger charge is 2.39. The number of hydrogen-bond acceptors (Lipinski definition) is 7. The number of nitrogen functional groups attached to an aromatic ring is 1. The standard InChI is InChI=1S/C21H27ClF3N7O2/c22-14-3-1-13(2-4-14)9-16-11-34-17(18(33)27-12-21(23,24)25)10-32(16)15-5-7-31(8-6-15)20-28-19(26)29-30-20/h1-4,15-17H,5-12H2,(H,27,33)(H3,26,28,29,30)/t16-,17+/m0/s1. The molecular formula is C21H27ClF3N7O2. The summed E-state index contributed by atoms with van der Waals surface area (Å²) in [6.07, 6.45) is -3.21.